The molecule has 8 nitrogen and oxygen atoms in total. The van der Waals surface area contributed by atoms with Crippen molar-refractivity contribution >= 4 is 17.8 Å². The number of rotatable bonds is 2. The van der Waals surface area contributed by atoms with Crippen LogP contribution in [-0.4, -0.2) is 77.6 Å². The normalized spacial score (nSPS) is 21.3. The van der Waals surface area contributed by atoms with Crippen LogP contribution < -0.4 is 4.90 Å². The number of methoxy groups -OCH3 is 1. The lowest BCUT2D eigenvalue weighted by molar-refractivity contribution is -0.137. The molecule has 142 valence electrons. The number of anilines is 1. The largest absolute Gasteiger partial charge is 0.453 e. The fraction of sp³-hybridized carbons (Fsp3) is 0.667. The van der Waals surface area contributed by atoms with Crippen LogP contribution in [0.5, 0.6) is 0 Å². The Morgan fingerprint density at radius 3 is 2.73 bits per heavy atom. The molecule has 3 rings (SSSR count). The van der Waals surface area contributed by atoms with Crippen molar-refractivity contribution in [1.82, 2.24) is 19.8 Å². The summed E-state index contributed by atoms with van der Waals surface area (Å²) in [4.78, 5) is 39.4. The van der Waals surface area contributed by atoms with Gasteiger partial charge in [-0.3, -0.25) is 9.69 Å². The Balaban J connectivity index is 1.66. The third kappa shape index (κ3) is 4.05. The molecule has 1 aromatic heterocycles. The number of ether oxygens (including phenoxy) is 1. The van der Waals surface area contributed by atoms with Gasteiger partial charge in [-0.05, 0) is 38.7 Å². The fourth-order valence-corrected chi connectivity index (χ4v) is 3.72. The van der Waals surface area contributed by atoms with Gasteiger partial charge in [0.05, 0.1) is 7.11 Å². The molecule has 2 aliphatic rings. The lowest BCUT2D eigenvalue weighted by atomic mass is 10.0. The quantitative estimate of drug-likeness (QED) is 0.793. The van der Waals surface area contributed by atoms with Crippen LogP contribution in [0.2, 0.25) is 0 Å². The second-order valence-electron chi connectivity index (χ2n) is 6.80. The maximum absolute atomic E-state index is 13.1. The number of likely N-dealkylation sites (tertiary alicyclic amines) is 1. The maximum atomic E-state index is 13.1. The van der Waals surface area contributed by atoms with E-state index < -0.39 is 12.1 Å². The highest BCUT2D eigenvalue weighted by Gasteiger charge is 2.35. The summed E-state index contributed by atoms with van der Waals surface area (Å²) >= 11 is 0. The van der Waals surface area contributed by atoms with E-state index in [0.29, 0.717) is 26.1 Å². The molecular weight excluding hydrogens is 334 g/mol. The SMILES string of the molecule is COC(=O)N1CCCCC1C(=O)N1CCCN(c2ccnc(C)n2)CC1. The highest BCUT2D eigenvalue weighted by molar-refractivity contribution is 5.86. The van der Waals surface area contributed by atoms with E-state index in [1.165, 1.54) is 7.11 Å². The summed E-state index contributed by atoms with van der Waals surface area (Å²) in [5.41, 5.74) is 0. The number of hydrogen-bond donors (Lipinski definition) is 0. The lowest BCUT2D eigenvalue weighted by Crippen LogP contribution is -2.53. The van der Waals surface area contributed by atoms with Crippen LogP contribution >= 0.6 is 0 Å². The van der Waals surface area contributed by atoms with Crippen molar-refractivity contribution in [3.05, 3.63) is 18.1 Å². The average Bonchev–Trinajstić information content (AvgIpc) is 2.93. The van der Waals surface area contributed by atoms with Crippen molar-refractivity contribution in [2.24, 2.45) is 0 Å². The summed E-state index contributed by atoms with van der Waals surface area (Å²) in [6.45, 7) is 5.38. The van der Waals surface area contributed by atoms with Gasteiger partial charge in [-0.1, -0.05) is 0 Å². The van der Waals surface area contributed by atoms with E-state index in [1.54, 1.807) is 11.1 Å². The number of amides is 2. The third-order valence-electron chi connectivity index (χ3n) is 5.09. The maximum Gasteiger partial charge on any atom is 0.410 e. The van der Waals surface area contributed by atoms with Crippen LogP contribution in [0.25, 0.3) is 0 Å². The van der Waals surface area contributed by atoms with Gasteiger partial charge in [0.1, 0.15) is 17.7 Å². The van der Waals surface area contributed by atoms with Crippen molar-refractivity contribution in [1.29, 1.82) is 0 Å². The monoisotopic (exact) mass is 361 g/mol. The molecule has 1 unspecified atom stereocenters. The summed E-state index contributed by atoms with van der Waals surface area (Å²) in [6, 6.07) is 1.51. The zero-order chi connectivity index (χ0) is 18.5. The second-order valence-corrected chi connectivity index (χ2v) is 6.80. The third-order valence-corrected chi connectivity index (χ3v) is 5.09. The zero-order valence-corrected chi connectivity index (χ0v) is 15.6. The minimum Gasteiger partial charge on any atom is -0.453 e. The Kier molecular flexibility index (Phi) is 5.90. The van der Waals surface area contributed by atoms with Crippen molar-refractivity contribution in [2.75, 3.05) is 44.7 Å². The molecule has 0 aromatic carbocycles. The Morgan fingerprint density at radius 2 is 1.96 bits per heavy atom. The van der Waals surface area contributed by atoms with Gasteiger partial charge in [0.2, 0.25) is 5.91 Å². The summed E-state index contributed by atoms with van der Waals surface area (Å²) in [7, 11) is 1.37. The molecule has 2 saturated heterocycles. The molecular formula is C18H27N5O3. The van der Waals surface area contributed by atoms with Gasteiger partial charge >= 0.3 is 6.09 Å². The molecule has 0 radical (unpaired) electrons. The molecule has 0 bridgehead atoms. The summed E-state index contributed by atoms with van der Waals surface area (Å²) in [5.74, 6) is 1.69. The van der Waals surface area contributed by atoms with Gasteiger partial charge in [-0.2, -0.15) is 0 Å². The Hall–Kier alpha value is -2.38. The number of nitrogens with zero attached hydrogens (tertiary/aromatic N) is 5. The molecule has 3 heterocycles. The van der Waals surface area contributed by atoms with E-state index in [0.717, 1.165) is 44.0 Å². The first-order valence-electron chi connectivity index (χ1n) is 9.28. The number of carbonyl (C=O) groups excluding carboxylic acids is 2. The number of aromatic nitrogens is 2. The van der Waals surface area contributed by atoms with Gasteiger partial charge in [-0.25, -0.2) is 14.8 Å². The summed E-state index contributed by atoms with van der Waals surface area (Å²) in [6.07, 6.45) is 4.82. The molecule has 26 heavy (non-hydrogen) atoms. The zero-order valence-electron chi connectivity index (χ0n) is 15.6. The van der Waals surface area contributed by atoms with Crippen LogP contribution in [0, 0.1) is 6.92 Å². The molecule has 1 aromatic rings. The van der Waals surface area contributed by atoms with E-state index in [-0.39, 0.29) is 5.91 Å². The fourth-order valence-electron chi connectivity index (χ4n) is 3.72. The van der Waals surface area contributed by atoms with Gasteiger partial charge in [0.25, 0.3) is 0 Å². The van der Waals surface area contributed by atoms with Crippen LogP contribution in [0.1, 0.15) is 31.5 Å². The minimum atomic E-state index is -0.407. The van der Waals surface area contributed by atoms with Gasteiger partial charge < -0.3 is 14.5 Å². The standard InChI is InChI=1S/C18H27N5O3/c1-14-19-8-7-16(20-14)21-9-5-10-22(13-12-21)17(24)15-6-3-4-11-23(15)18(25)26-2/h7-8,15H,3-6,9-13H2,1-2H3. The Labute approximate surface area is 154 Å². The van der Waals surface area contributed by atoms with E-state index in [9.17, 15) is 9.59 Å². The lowest BCUT2D eigenvalue weighted by Gasteiger charge is -2.36. The van der Waals surface area contributed by atoms with Gasteiger partial charge in [0, 0.05) is 38.9 Å². The molecule has 0 N–H and O–H groups in total. The van der Waals surface area contributed by atoms with E-state index in [4.69, 9.17) is 4.74 Å². The second kappa shape index (κ2) is 8.33. The van der Waals surface area contributed by atoms with E-state index in [1.807, 2.05) is 17.9 Å². The van der Waals surface area contributed by atoms with Gasteiger partial charge in [0.15, 0.2) is 0 Å². The molecule has 1 atom stereocenters. The Bertz CT molecular complexity index is 653. The highest BCUT2D eigenvalue weighted by Crippen LogP contribution is 2.21. The first kappa shape index (κ1) is 18.4. The molecule has 0 saturated carbocycles. The number of piperidine rings is 1. The van der Waals surface area contributed by atoms with E-state index >= 15 is 0 Å². The molecule has 2 amide bonds. The smallest absolute Gasteiger partial charge is 0.410 e. The van der Waals surface area contributed by atoms with Crippen molar-refractivity contribution in [3.63, 3.8) is 0 Å². The average molecular weight is 361 g/mol. The number of carbonyl (C=O) groups is 2. The first-order valence-corrected chi connectivity index (χ1v) is 9.28. The Morgan fingerprint density at radius 1 is 1.12 bits per heavy atom. The highest BCUT2D eigenvalue weighted by atomic mass is 16.5. The van der Waals surface area contributed by atoms with Crippen LogP contribution in [-0.2, 0) is 9.53 Å². The topological polar surface area (TPSA) is 78.9 Å². The van der Waals surface area contributed by atoms with Gasteiger partial charge in [-0.15, -0.1) is 0 Å². The van der Waals surface area contributed by atoms with Crippen LogP contribution in [0.4, 0.5) is 10.6 Å². The molecule has 2 fully saturated rings. The predicted molar refractivity (Wildman–Crippen MR) is 96.9 cm³/mol. The van der Waals surface area contributed by atoms with Crippen LogP contribution in [0.15, 0.2) is 12.3 Å². The van der Waals surface area contributed by atoms with Crippen molar-refractivity contribution in [3.8, 4) is 0 Å². The van der Waals surface area contributed by atoms with E-state index in [2.05, 4.69) is 14.9 Å². The number of hydrogen-bond acceptors (Lipinski definition) is 6. The summed E-state index contributed by atoms with van der Waals surface area (Å²) in [5, 5.41) is 0. The molecule has 0 aliphatic carbocycles. The molecule has 0 spiro atoms. The number of aryl methyl sites for hydroxylation is 1. The predicted octanol–water partition coefficient (Wildman–Crippen LogP) is 1.44. The molecule has 8 heteroatoms. The van der Waals surface area contributed by atoms with Crippen LogP contribution in [0.3, 0.4) is 0 Å². The first-order chi connectivity index (χ1) is 12.6. The minimum absolute atomic E-state index is 0.0378. The molecule has 2 aliphatic heterocycles. The van der Waals surface area contributed by atoms with Crippen molar-refractivity contribution < 1.29 is 14.3 Å². The van der Waals surface area contributed by atoms with Crippen molar-refractivity contribution in [2.45, 2.75) is 38.6 Å². The summed E-state index contributed by atoms with van der Waals surface area (Å²) < 4.78 is 4.86.